The normalized spacial score (nSPS) is 21.8. The molecule has 96 valence electrons. The van der Waals surface area contributed by atoms with Crippen LogP contribution in [0.2, 0.25) is 0 Å². The Hall–Kier alpha value is -1.71. The first-order valence-corrected chi connectivity index (χ1v) is 6.43. The van der Waals surface area contributed by atoms with Crippen LogP contribution in [0.25, 0.3) is 0 Å². The van der Waals surface area contributed by atoms with Gasteiger partial charge in [-0.2, -0.15) is 0 Å². The van der Waals surface area contributed by atoms with Crippen LogP contribution in [0.4, 0.5) is 5.69 Å². The second kappa shape index (κ2) is 3.90. The topological polar surface area (TPSA) is 32.8 Å². The highest BCUT2D eigenvalue weighted by atomic mass is 16.5. The number of nitrogens with zero attached hydrogens (tertiary/aromatic N) is 2. The van der Waals surface area contributed by atoms with Crippen LogP contribution >= 0.6 is 0 Å². The summed E-state index contributed by atoms with van der Waals surface area (Å²) in [5.41, 5.74) is 0.712. The van der Waals surface area contributed by atoms with Gasteiger partial charge < -0.3 is 4.74 Å². The lowest BCUT2D eigenvalue weighted by Gasteiger charge is -2.44. The molecule has 0 spiro atoms. The van der Waals surface area contributed by atoms with E-state index >= 15 is 0 Å². The van der Waals surface area contributed by atoms with Crippen molar-refractivity contribution in [2.24, 2.45) is 0 Å². The van der Waals surface area contributed by atoms with E-state index in [2.05, 4.69) is 18.9 Å². The molecular formula is C14H18N2O2. The van der Waals surface area contributed by atoms with Gasteiger partial charge in [0.25, 0.3) is 0 Å². The minimum atomic E-state index is -0.281. The second-order valence-corrected chi connectivity index (χ2v) is 5.51. The van der Waals surface area contributed by atoms with Crippen molar-refractivity contribution in [1.82, 2.24) is 5.01 Å². The van der Waals surface area contributed by atoms with Crippen LogP contribution < -0.4 is 9.75 Å². The monoisotopic (exact) mass is 246 g/mol. The summed E-state index contributed by atoms with van der Waals surface area (Å²) < 4.78 is 5.96. The zero-order valence-electron chi connectivity index (χ0n) is 10.8. The Kier molecular flexibility index (Phi) is 2.47. The van der Waals surface area contributed by atoms with E-state index in [0.717, 1.165) is 24.4 Å². The number of benzene rings is 1. The molecular weight excluding hydrogens is 228 g/mol. The van der Waals surface area contributed by atoms with Gasteiger partial charge >= 0.3 is 0 Å². The number of para-hydroxylation sites is 2. The number of fused-ring (bicyclic) bond motifs is 1. The summed E-state index contributed by atoms with van der Waals surface area (Å²) in [6, 6.07) is 7.91. The highest BCUT2D eigenvalue weighted by Crippen LogP contribution is 2.38. The quantitative estimate of drug-likeness (QED) is 0.761. The smallest absolute Gasteiger partial charge is 0.241 e. The molecule has 1 aromatic carbocycles. The summed E-state index contributed by atoms with van der Waals surface area (Å²) in [6.45, 7) is 5.62. The molecule has 4 heteroatoms. The Morgan fingerprint density at radius 1 is 1.22 bits per heavy atom. The predicted octanol–water partition coefficient (Wildman–Crippen LogP) is 2.20. The molecule has 2 heterocycles. The van der Waals surface area contributed by atoms with Gasteiger partial charge in [-0.15, -0.1) is 0 Å². The van der Waals surface area contributed by atoms with Crippen LogP contribution in [0.3, 0.4) is 0 Å². The molecule has 2 aliphatic rings. The lowest BCUT2D eigenvalue weighted by molar-refractivity contribution is -0.128. The zero-order chi connectivity index (χ0) is 12.8. The van der Waals surface area contributed by atoms with E-state index in [4.69, 9.17) is 4.74 Å². The van der Waals surface area contributed by atoms with E-state index in [0.29, 0.717) is 13.0 Å². The molecule has 0 radical (unpaired) electrons. The maximum Gasteiger partial charge on any atom is 0.241 e. The summed E-state index contributed by atoms with van der Waals surface area (Å²) in [4.78, 5) is 11.9. The molecule has 0 saturated carbocycles. The number of hydrogen-bond acceptors (Lipinski definition) is 3. The van der Waals surface area contributed by atoms with Crippen LogP contribution in [-0.4, -0.2) is 29.6 Å². The van der Waals surface area contributed by atoms with E-state index in [1.165, 1.54) is 0 Å². The zero-order valence-corrected chi connectivity index (χ0v) is 10.8. The molecule has 0 atom stereocenters. The largest absolute Gasteiger partial charge is 0.484 e. The maximum atomic E-state index is 11.9. The molecule has 0 aliphatic carbocycles. The number of rotatable bonds is 1. The fraction of sp³-hybridized carbons (Fsp3) is 0.500. The number of carbonyl (C=O) groups is 1. The summed E-state index contributed by atoms with van der Waals surface area (Å²) in [6.07, 6.45) is 1.60. The molecule has 4 nitrogen and oxygen atoms in total. The Morgan fingerprint density at radius 2 is 2.00 bits per heavy atom. The van der Waals surface area contributed by atoms with Crippen molar-refractivity contribution in [1.29, 1.82) is 0 Å². The lowest BCUT2D eigenvalue weighted by Crippen LogP contribution is -2.54. The fourth-order valence-corrected chi connectivity index (χ4v) is 2.64. The summed E-state index contributed by atoms with van der Waals surface area (Å²) in [7, 11) is 0. The van der Waals surface area contributed by atoms with Gasteiger partial charge in [0.15, 0.2) is 0 Å². The van der Waals surface area contributed by atoms with Gasteiger partial charge in [-0.25, -0.2) is 0 Å². The minimum Gasteiger partial charge on any atom is -0.484 e. The summed E-state index contributed by atoms with van der Waals surface area (Å²) in [5, 5.41) is 3.94. The fourth-order valence-electron chi connectivity index (χ4n) is 2.64. The first kappa shape index (κ1) is 11.4. The molecule has 1 fully saturated rings. The van der Waals surface area contributed by atoms with E-state index < -0.39 is 0 Å². The lowest BCUT2D eigenvalue weighted by atomic mass is 10.1. The Balaban J connectivity index is 2.01. The number of hydrazine groups is 1. The molecule has 0 bridgehead atoms. The van der Waals surface area contributed by atoms with Crippen LogP contribution in [0.1, 0.15) is 26.7 Å². The second-order valence-electron chi connectivity index (χ2n) is 5.51. The van der Waals surface area contributed by atoms with Gasteiger partial charge in [0, 0.05) is 13.0 Å². The van der Waals surface area contributed by atoms with Crippen molar-refractivity contribution in [2.45, 2.75) is 32.3 Å². The van der Waals surface area contributed by atoms with Gasteiger partial charge in [0.2, 0.25) is 5.91 Å². The molecule has 1 saturated heterocycles. The highest BCUT2D eigenvalue weighted by Gasteiger charge is 2.37. The van der Waals surface area contributed by atoms with E-state index in [9.17, 15) is 4.79 Å². The van der Waals surface area contributed by atoms with Crippen molar-refractivity contribution in [3.63, 3.8) is 0 Å². The highest BCUT2D eigenvalue weighted by molar-refractivity contribution is 5.81. The van der Waals surface area contributed by atoms with Gasteiger partial charge in [-0.1, -0.05) is 12.1 Å². The molecule has 3 rings (SSSR count). The molecule has 1 aromatic rings. The first-order chi connectivity index (χ1) is 8.57. The van der Waals surface area contributed by atoms with Crippen LogP contribution in [-0.2, 0) is 4.79 Å². The molecule has 2 aliphatic heterocycles. The van der Waals surface area contributed by atoms with Crippen LogP contribution in [0, 0.1) is 0 Å². The SMILES string of the molecule is CC1(C)CN(N2CCCC2=O)c2ccccc2O1. The summed E-state index contributed by atoms with van der Waals surface area (Å²) in [5.74, 6) is 1.07. The average molecular weight is 246 g/mol. The van der Waals surface area contributed by atoms with Crippen molar-refractivity contribution in [3.8, 4) is 5.75 Å². The van der Waals surface area contributed by atoms with Gasteiger partial charge in [-0.05, 0) is 32.4 Å². The first-order valence-electron chi connectivity index (χ1n) is 6.43. The van der Waals surface area contributed by atoms with Crippen molar-refractivity contribution in [3.05, 3.63) is 24.3 Å². The number of hydrogen-bond donors (Lipinski definition) is 0. The Bertz CT molecular complexity index is 484. The summed E-state index contributed by atoms with van der Waals surface area (Å²) >= 11 is 0. The number of amides is 1. The van der Waals surface area contributed by atoms with Gasteiger partial charge in [0.1, 0.15) is 11.4 Å². The third kappa shape index (κ3) is 1.82. The number of carbonyl (C=O) groups excluding carboxylic acids is 1. The maximum absolute atomic E-state index is 11.9. The molecule has 1 amide bonds. The van der Waals surface area contributed by atoms with Crippen LogP contribution in [0.15, 0.2) is 24.3 Å². The van der Waals surface area contributed by atoms with Crippen molar-refractivity contribution < 1.29 is 9.53 Å². The molecule has 0 aromatic heterocycles. The van der Waals surface area contributed by atoms with Crippen molar-refractivity contribution in [2.75, 3.05) is 18.1 Å². The molecule has 0 unspecified atom stereocenters. The Morgan fingerprint density at radius 3 is 2.72 bits per heavy atom. The third-order valence-corrected chi connectivity index (χ3v) is 3.40. The van der Waals surface area contributed by atoms with Gasteiger partial charge in [-0.3, -0.25) is 14.8 Å². The average Bonchev–Trinajstić information content (AvgIpc) is 2.73. The predicted molar refractivity (Wildman–Crippen MR) is 69.4 cm³/mol. The van der Waals surface area contributed by atoms with Crippen molar-refractivity contribution >= 4 is 11.6 Å². The van der Waals surface area contributed by atoms with E-state index in [1.54, 1.807) is 0 Å². The van der Waals surface area contributed by atoms with E-state index in [1.807, 2.05) is 29.3 Å². The number of ether oxygens (including phenoxy) is 1. The Labute approximate surface area is 107 Å². The molecule has 18 heavy (non-hydrogen) atoms. The third-order valence-electron chi connectivity index (χ3n) is 3.40. The minimum absolute atomic E-state index is 0.211. The standard InChI is InChI=1S/C14H18N2O2/c1-14(2)10-16(15-9-5-8-13(15)17)11-6-3-4-7-12(11)18-14/h3-4,6-7H,5,8-10H2,1-2H3. The van der Waals surface area contributed by atoms with E-state index in [-0.39, 0.29) is 11.5 Å². The van der Waals surface area contributed by atoms with Gasteiger partial charge in [0.05, 0.1) is 12.2 Å². The number of anilines is 1. The van der Waals surface area contributed by atoms with Crippen LogP contribution in [0.5, 0.6) is 5.75 Å². The molecule has 0 N–H and O–H groups in total.